The number of nitrogens with zero attached hydrogens (tertiary/aromatic N) is 3. The normalized spacial score (nSPS) is 17.9. The van der Waals surface area contributed by atoms with Gasteiger partial charge in [0.2, 0.25) is 5.91 Å². The van der Waals surface area contributed by atoms with Crippen molar-refractivity contribution in [1.29, 1.82) is 0 Å². The van der Waals surface area contributed by atoms with Gasteiger partial charge in [-0.25, -0.2) is 4.79 Å². The van der Waals surface area contributed by atoms with Gasteiger partial charge in [-0.05, 0) is 53.6 Å². The molecule has 10 nitrogen and oxygen atoms in total. The van der Waals surface area contributed by atoms with Gasteiger partial charge in [0.25, 0.3) is 0 Å². The van der Waals surface area contributed by atoms with Crippen molar-refractivity contribution in [1.82, 2.24) is 14.7 Å². The van der Waals surface area contributed by atoms with Gasteiger partial charge in [0.1, 0.15) is 12.4 Å². The Bertz CT molecular complexity index is 1290. The summed E-state index contributed by atoms with van der Waals surface area (Å²) in [5.41, 5.74) is 3.12. The Morgan fingerprint density at radius 1 is 1.12 bits per heavy atom. The summed E-state index contributed by atoms with van der Waals surface area (Å²) in [6.07, 6.45) is 5.88. The first kappa shape index (κ1) is 29.7. The van der Waals surface area contributed by atoms with E-state index in [0.29, 0.717) is 43.5 Å². The van der Waals surface area contributed by atoms with E-state index in [4.69, 9.17) is 14.2 Å². The second-order valence-electron chi connectivity index (χ2n) is 11.5. The van der Waals surface area contributed by atoms with E-state index in [1.54, 1.807) is 14.2 Å². The van der Waals surface area contributed by atoms with Gasteiger partial charge >= 0.3 is 12.0 Å². The van der Waals surface area contributed by atoms with Crippen LogP contribution in [0.2, 0.25) is 0 Å². The maximum Gasteiger partial charge on any atom is 0.326 e. The molecule has 1 atom stereocenters. The van der Waals surface area contributed by atoms with Crippen molar-refractivity contribution in [3.8, 4) is 17.2 Å². The zero-order valence-corrected chi connectivity index (χ0v) is 24.5. The van der Waals surface area contributed by atoms with Crippen LogP contribution in [0.5, 0.6) is 17.2 Å². The van der Waals surface area contributed by atoms with E-state index in [9.17, 15) is 19.5 Å². The molecule has 10 heteroatoms. The summed E-state index contributed by atoms with van der Waals surface area (Å²) in [5, 5.41) is 9.92. The molecule has 2 aliphatic heterocycles. The molecule has 0 aromatic heterocycles. The van der Waals surface area contributed by atoms with Crippen molar-refractivity contribution in [2.75, 3.05) is 47.0 Å². The standard InChI is InChI=1S/C32H41N3O7/c1-33-13-11-30(36)35(32(33)39)14-16-42-28-9-7-23(17-29(28)40-2)21-34(20-22-5-3-4-6-22)26(19-31(37)38)24-8-10-27-25(18-24)12-15-41-27/h7-10,17-18,22,26H,3-6,11-16,19-21H2,1-2H3,(H,37,38). The van der Waals surface area contributed by atoms with Gasteiger partial charge in [-0.2, -0.15) is 0 Å². The number of fused-ring (bicyclic) bond motifs is 1. The van der Waals surface area contributed by atoms with Crippen molar-refractivity contribution >= 4 is 17.9 Å². The average Bonchev–Trinajstić information content (AvgIpc) is 3.67. The number of hydrogen-bond acceptors (Lipinski definition) is 7. The van der Waals surface area contributed by atoms with Crippen LogP contribution in [-0.4, -0.2) is 84.7 Å². The van der Waals surface area contributed by atoms with Crippen LogP contribution in [0.25, 0.3) is 0 Å². The first-order valence-electron chi connectivity index (χ1n) is 14.9. The number of amides is 3. The summed E-state index contributed by atoms with van der Waals surface area (Å²) in [5.74, 6) is 1.46. The molecule has 1 aliphatic carbocycles. The zero-order valence-electron chi connectivity index (χ0n) is 24.5. The summed E-state index contributed by atoms with van der Waals surface area (Å²) in [7, 11) is 3.26. The third kappa shape index (κ3) is 6.98. The Kier molecular flexibility index (Phi) is 9.51. The molecule has 3 amide bonds. The van der Waals surface area contributed by atoms with Crippen LogP contribution in [-0.2, 0) is 22.6 Å². The molecule has 2 aromatic rings. The number of aliphatic carboxylic acids is 1. The lowest BCUT2D eigenvalue weighted by Gasteiger charge is -2.34. The van der Waals surface area contributed by atoms with E-state index in [1.165, 1.54) is 22.6 Å². The van der Waals surface area contributed by atoms with Crippen LogP contribution < -0.4 is 14.2 Å². The largest absolute Gasteiger partial charge is 0.493 e. The Balaban J connectivity index is 1.33. The predicted molar refractivity (Wildman–Crippen MR) is 156 cm³/mol. The number of rotatable bonds is 13. The van der Waals surface area contributed by atoms with E-state index < -0.39 is 5.97 Å². The van der Waals surface area contributed by atoms with Gasteiger partial charge in [-0.3, -0.25) is 19.4 Å². The minimum absolute atomic E-state index is 0.00776. The van der Waals surface area contributed by atoms with Crippen LogP contribution >= 0.6 is 0 Å². The van der Waals surface area contributed by atoms with E-state index in [1.807, 2.05) is 30.3 Å². The Morgan fingerprint density at radius 3 is 2.69 bits per heavy atom. The summed E-state index contributed by atoms with van der Waals surface area (Å²) < 4.78 is 17.3. The zero-order chi connectivity index (χ0) is 29.6. The second kappa shape index (κ2) is 13.5. The third-order valence-corrected chi connectivity index (χ3v) is 8.58. The van der Waals surface area contributed by atoms with Crippen molar-refractivity contribution in [2.45, 2.75) is 57.5 Å². The minimum Gasteiger partial charge on any atom is -0.493 e. The fourth-order valence-corrected chi connectivity index (χ4v) is 6.30. The van der Waals surface area contributed by atoms with E-state index in [2.05, 4.69) is 11.0 Å². The number of urea groups is 1. The molecule has 0 bridgehead atoms. The van der Waals surface area contributed by atoms with E-state index in [-0.39, 0.29) is 37.6 Å². The van der Waals surface area contributed by atoms with Gasteiger partial charge in [0.15, 0.2) is 11.5 Å². The molecule has 2 heterocycles. The summed E-state index contributed by atoms with van der Waals surface area (Å²) in [6, 6.07) is 11.2. The molecular weight excluding hydrogens is 538 g/mol. The Morgan fingerprint density at radius 2 is 1.93 bits per heavy atom. The van der Waals surface area contributed by atoms with Gasteiger partial charge in [-0.15, -0.1) is 0 Å². The highest BCUT2D eigenvalue weighted by molar-refractivity contribution is 5.96. The van der Waals surface area contributed by atoms with Gasteiger partial charge in [-0.1, -0.05) is 31.0 Å². The Labute approximate surface area is 247 Å². The first-order chi connectivity index (χ1) is 20.3. The predicted octanol–water partition coefficient (Wildman–Crippen LogP) is 4.50. The lowest BCUT2D eigenvalue weighted by molar-refractivity contribution is -0.138. The molecule has 3 aliphatic rings. The topological polar surface area (TPSA) is 109 Å². The second-order valence-corrected chi connectivity index (χ2v) is 11.5. The number of ether oxygens (including phenoxy) is 3. The highest BCUT2D eigenvalue weighted by Gasteiger charge is 2.30. The number of imide groups is 1. The van der Waals surface area contributed by atoms with Crippen LogP contribution in [0.3, 0.4) is 0 Å². The maximum absolute atomic E-state index is 12.4. The van der Waals surface area contributed by atoms with E-state index in [0.717, 1.165) is 48.2 Å². The fraction of sp³-hybridized carbons (Fsp3) is 0.531. The molecule has 0 radical (unpaired) electrons. The van der Waals surface area contributed by atoms with Crippen LogP contribution in [0.4, 0.5) is 4.79 Å². The van der Waals surface area contributed by atoms with Gasteiger partial charge in [0.05, 0.1) is 26.7 Å². The molecule has 2 fully saturated rings. The molecule has 1 unspecified atom stereocenters. The van der Waals surface area contributed by atoms with Crippen LogP contribution in [0.15, 0.2) is 36.4 Å². The quantitative estimate of drug-likeness (QED) is 0.370. The Hall–Kier alpha value is -3.79. The molecule has 0 spiro atoms. The minimum atomic E-state index is -0.827. The SMILES string of the molecule is COc1cc(CN(CC2CCCC2)C(CC(=O)O)c2ccc3c(c2)CCO3)ccc1OCCN1C(=O)CCN(C)C1=O. The molecule has 5 rings (SSSR count). The number of hydrogen-bond donors (Lipinski definition) is 1. The highest BCUT2D eigenvalue weighted by Crippen LogP contribution is 2.36. The van der Waals surface area contributed by atoms with Crippen molar-refractivity contribution in [3.63, 3.8) is 0 Å². The van der Waals surface area contributed by atoms with Crippen molar-refractivity contribution in [2.24, 2.45) is 5.92 Å². The maximum atomic E-state index is 12.4. The molecule has 2 aromatic carbocycles. The summed E-state index contributed by atoms with van der Waals surface area (Å²) in [6.45, 7) is 2.77. The van der Waals surface area contributed by atoms with Gasteiger partial charge in [0, 0.05) is 45.6 Å². The monoisotopic (exact) mass is 579 g/mol. The molecule has 42 heavy (non-hydrogen) atoms. The fourth-order valence-electron chi connectivity index (χ4n) is 6.30. The number of carboxylic acids is 1. The summed E-state index contributed by atoms with van der Waals surface area (Å²) >= 11 is 0. The molecular formula is C32H41N3O7. The van der Waals surface area contributed by atoms with E-state index >= 15 is 0 Å². The molecule has 1 saturated carbocycles. The highest BCUT2D eigenvalue weighted by atomic mass is 16.5. The number of carbonyl (C=O) groups excluding carboxylic acids is 2. The van der Waals surface area contributed by atoms with Crippen molar-refractivity contribution < 1.29 is 33.7 Å². The molecule has 1 N–H and O–H groups in total. The lowest BCUT2D eigenvalue weighted by Crippen LogP contribution is -2.51. The van der Waals surface area contributed by atoms with Crippen LogP contribution in [0.1, 0.15) is 61.3 Å². The van der Waals surface area contributed by atoms with Crippen molar-refractivity contribution in [3.05, 3.63) is 53.1 Å². The number of benzene rings is 2. The third-order valence-electron chi connectivity index (χ3n) is 8.58. The average molecular weight is 580 g/mol. The number of carboxylic acid groups (broad SMARTS) is 1. The lowest BCUT2D eigenvalue weighted by atomic mass is 9.96. The first-order valence-corrected chi connectivity index (χ1v) is 14.9. The smallest absolute Gasteiger partial charge is 0.326 e. The molecule has 1 saturated heterocycles. The number of methoxy groups -OCH3 is 1. The molecule has 226 valence electrons. The number of carbonyl (C=O) groups is 3. The van der Waals surface area contributed by atoms with Crippen LogP contribution in [0, 0.1) is 5.92 Å². The summed E-state index contributed by atoms with van der Waals surface area (Å²) in [4.78, 5) is 41.7. The van der Waals surface area contributed by atoms with Gasteiger partial charge < -0.3 is 24.2 Å².